The van der Waals surface area contributed by atoms with Crippen LogP contribution in [0.4, 0.5) is 16.3 Å². The standard InChI is InChI=1S/C22H22ClN7O4/c1-30-18(27-20(32)34-8-6-13-3-2-7-24-17(13)23)16(28-29-30)15-5-4-14(9-25-15)26-19(31)21-10-22(33,11-21)12-21/h2-5,7,9,33H,6,8,10-12H2,1H3,(H,26,31)(H,27,32). The van der Waals surface area contributed by atoms with Crippen molar-refractivity contribution in [2.24, 2.45) is 12.5 Å². The van der Waals surface area contributed by atoms with Crippen molar-refractivity contribution in [2.45, 2.75) is 31.3 Å². The van der Waals surface area contributed by atoms with Crippen LogP contribution in [0.1, 0.15) is 24.8 Å². The van der Waals surface area contributed by atoms with Gasteiger partial charge < -0.3 is 15.2 Å². The quantitative estimate of drug-likeness (QED) is 0.435. The Morgan fingerprint density at radius 3 is 2.68 bits per heavy atom. The van der Waals surface area contributed by atoms with Crippen molar-refractivity contribution in [3.8, 4) is 11.4 Å². The number of carbonyl (C=O) groups excluding carboxylic acids is 2. The lowest BCUT2D eigenvalue weighted by Crippen LogP contribution is -2.71. The summed E-state index contributed by atoms with van der Waals surface area (Å²) in [5.74, 6) is 0.214. The number of ether oxygens (including phenoxy) is 1. The lowest BCUT2D eigenvalue weighted by Gasteiger charge is -2.66. The molecular weight excluding hydrogens is 462 g/mol. The number of carbonyl (C=O) groups is 2. The molecule has 3 aromatic rings. The van der Waals surface area contributed by atoms with Crippen molar-refractivity contribution in [3.63, 3.8) is 0 Å². The Bertz CT molecular complexity index is 1240. The van der Waals surface area contributed by atoms with Gasteiger partial charge in [-0.2, -0.15) is 0 Å². The summed E-state index contributed by atoms with van der Waals surface area (Å²) in [6, 6.07) is 6.96. The van der Waals surface area contributed by atoms with Crippen LogP contribution in [0.5, 0.6) is 0 Å². The zero-order chi connectivity index (χ0) is 23.9. The van der Waals surface area contributed by atoms with E-state index < -0.39 is 17.1 Å². The van der Waals surface area contributed by atoms with E-state index in [1.165, 1.54) is 10.9 Å². The van der Waals surface area contributed by atoms with E-state index in [9.17, 15) is 14.7 Å². The van der Waals surface area contributed by atoms with E-state index in [1.807, 2.05) is 6.07 Å². The van der Waals surface area contributed by atoms with Gasteiger partial charge in [0.2, 0.25) is 5.91 Å². The Labute approximate surface area is 199 Å². The first-order valence-electron chi connectivity index (χ1n) is 10.7. The van der Waals surface area contributed by atoms with E-state index >= 15 is 0 Å². The van der Waals surface area contributed by atoms with E-state index in [4.69, 9.17) is 16.3 Å². The van der Waals surface area contributed by atoms with E-state index in [0.29, 0.717) is 53.7 Å². The largest absolute Gasteiger partial charge is 0.449 e. The molecule has 2 bridgehead atoms. The van der Waals surface area contributed by atoms with Gasteiger partial charge in [0.05, 0.1) is 35.2 Å². The molecule has 0 aromatic carbocycles. The molecule has 3 fully saturated rings. The second-order valence-corrected chi connectivity index (χ2v) is 9.15. The topological polar surface area (TPSA) is 144 Å². The van der Waals surface area contributed by atoms with Crippen molar-refractivity contribution in [1.82, 2.24) is 25.0 Å². The number of nitrogens with one attached hydrogen (secondary N) is 2. The van der Waals surface area contributed by atoms with E-state index in [1.54, 1.807) is 31.4 Å². The molecule has 0 spiro atoms. The number of nitrogens with zero attached hydrogens (tertiary/aromatic N) is 5. The molecule has 3 aliphatic rings. The first-order valence-corrected chi connectivity index (χ1v) is 11.1. The van der Waals surface area contributed by atoms with Gasteiger partial charge in [-0.3, -0.25) is 15.1 Å². The van der Waals surface area contributed by atoms with Crippen LogP contribution < -0.4 is 10.6 Å². The van der Waals surface area contributed by atoms with Gasteiger partial charge in [0, 0.05) is 19.7 Å². The smallest absolute Gasteiger partial charge is 0.412 e. The number of aliphatic hydroxyl groups is 1. The zero-order valence-corrected chi connectivity index (χ0v) is 19.0. The number of hydrogen-bond acceptors (Lipinski definition) is 8. The summed E-state index contributed by atoms with van der Waals surface area (Å²) in [5.41, 5.74) is 1.05. The highest BCUT2D eigenvalue weighted by Crippen LogP contribution is 2.67. The zero-order valence-electron chi connectivity index (χ0n) is 18.3. The third kappa shape index (κ3) is 4.08. The number of halogens is 1. The van der Waals surface area contributed by atoms with Gasteiger partial charge in [0.15, 0.2) is 11.5 Å². The average Bonchev–Trinajstić information content (AvgIpc) is 3.12. The number of pyridine rings is 2. The summed E-state index contributed by atoms with van der Waals surface area (Å²) in [6.07, 6.45) is 4.39. The highest BCUT2D eigenvalue weighted by atomic mass is 35.5. The Kier molecular flexibility index (Phi) is 5.45. The van der Waals surface area contributed by atoms with Crippen molar-refractivity contribution >= 4 is 35.1 Å². The predicted molar refractivity (Wildman–Crippen MR) is 122 cm³/mol. The molecule has 3 aliphatic carbocycles. The fraction of sp³-hybridized carbons (Fsp3) is 0.364. The minimum absolute atomic E-state index is 0.102. The molecule has 12 heteroatoms. The van der Waals surface area contributed by atoms with Gasteiger partial charge >= 0.3 is 6.09 Å². The predicted octanol–water partition coefficient (Wildman–Crippen LogP) is 2.57. The summed E-state index contributed by atoms with van der Waals surface area (Å²) in [6.45, 7) is 0.114. The van der Waals surface area contributed by atoms with Crippen molar-refractivity contribution in [3.05, 3.63) is 47.4 Å². The monoisotopic (exact) mass is 483 g/mol. The molecule has 3 saturated carbocycles. The Balaban J connectivity index is 1.19. The second-order valence-electron chi connectivity index (χ2n) is 8.80. The van der Waals surface area contributed by atoms with Gasteiger partial charge in [-0.15, -0.1) is 5.10 Å². The lowest BCUT2D eigenvalue weighted by molar-refractivity contribution is -0.247. The summed E-state index contributed by atoms with van der Waals surface area (Å²) in [7, 11) is 1.63. The van der Waals surface area contributed by atoms with Crippen LogP contribution in [0.25, 0.3) is 11.4 Å². The molecule has 0 radical (unpaired) electrons. The second kappa shape index (κ2) is 8.33. The van der Waals surface area contributed by atoms with E-state index in [2.05, 4.69) is 30.9 Å². The maximum atomic E-state index is 12.5. The number of amides is 2. The molecule has 6 rings (SSSR count). The van der Waals surface area contributed by atoms with Gasteiger partial charge in [0.1, 0.15) is 5.15 Å². The Morgan fingerprint density at radius 2 is 2.00 bits per heavy atom. The number of aryl methyl sites for hydroxylation is 1. The van der Waals surface area contributed by atoms with Crippen molar-refractivity contribution < 1.29 is 19.4 Å². The number of hydrogen-bond donors (Lipinski definition) is 3. The Hall–Kier alpha value is -3.57. The fourth-order valence-electron chi connectivity index (χ4n) is 4.51. The molecule has 3 heterocycles. The lowest BCUT2D eigenvalue weighted by atomic mass is 9.41. The number of anilines is 2. The molecule has 2 amide bonds. The average molecular weight is 484 g/mol. The minimum atomic E-state index is -0.671. The first kappa shape index (κ1) is 22.2. The number of aromatic nitrogens is 5. The molecule has 11 nitrogen and oxygen atoms in total. The van der Waals surface area contributed by atoms with Crippen LogP contribution in [0.15, 0.2) is 36.7 Å². The summed E-state index contributed by atoms with van der Waals surface area (Å²) < 4.78 is 6.65. The normalized spacial score (nSPS) is 22.3. The van der Waals surface area contributed by atoms with Crippen molar-refractivity contribution in [1.29, 1.82) is 0 Å². The highest BCUT2D eigenvalue weighted by molar-refractivity contribution is 6.30. The molecule has 0 saturated heterocycles. The maximum Gasteiger partial charge on any atom is 0.412 e. The van der Waals surface area contributed by atoms with Gasteiger partial charge in [0.25, 0.3) is 0 Å². The minimum Gasteiger partial charge on any atom is -0.449 e. The fourth-order valence-corrected chi connectivity index (χ4v) is 4.72. The van der Waals surface area contributed by atoms with Gasteiger partial charge in [-0.25, -0.2) is 14.5 Å². The van der Waals surface area contributed by atoms with Gasteiger partial charge in [-0.1, -0.05) is 22.9 Å². The van der Waals surface area contributed by atoms with Crippen molar-refractivity contribution in [2.75, 3.05) is 17.2 Å². The number of rotatable bonds is 7. The molecule has 0 aliphatic heterocycles. The molecule has 176 valence electrons. The molecule has 3 N–H and O–H groups in total. The SMILES string of the molecule is Cn1nnc(-c2ccc(NC(=O)C34CC(O)(C3)C4)cn2)c1NC(=O)OCCc1cccnc1Cl. The molecule has 0 atom stereocenters. The van der Waals surface area contributed by atoms with E-state index in [-0.39, 0.29) is 12.5 Å². The van der Waals surface area contributed by atoms with Crippen LogP contribution in [0.3, 0.4) is 0 Å². The molecular formula is C22H22ClN7O4. The van der Waals surface area contributed by atoms with Crippen LogP contribution in [-0.4, -0.2) is 54.3 Å². The third-order valence-electron chi connectivity index (χ3n) is 6.24. The third-order valence-corrected chi connectivity index (χ3v) is 6.58. The molecule has 0 unspecified atom stereocenters. The summed E-state index contributed by atoms with van der Waals surface area (Å²) in [4.78, 5) is 33.1. The maximum absolute atomic E-state index is 12.5. The first-order chi connectivity index (χ1) is 16.3. The van der Waals surface area contributed by atoms with Crippen LogP contribution >= 0.6 is 11.6 Å². The summed E-state index contributed by atoms with van der Waals surface area (Å²) >= 11 is 6.02. The summed E-state index contributed by atoms with van der Waals surface area (Å²) in [5, 5.41) is 23.8. The van der Waals surface area contributed by atoms with Crippen LogP contribution in [0, 0.1) is 5.41 Å². The van der Waals surface area contributed by atoms with Crippen LogP contribution in [-0.2, 0) is 23.0 Å². The Morgan fingerprint density at radius 1 is 1.21 bits per heavy atom. The van der Waals surface area contributed by atoms with Gasteiger partial charge in [-0.05, 0) is 43.0 Å². The molecule has 34 heavy (non-hydrogen) atoms. The molecule has 3 aromatic heterocycles. The van der Waals surface area contributed by atoms with E-state index in [0.717, 1.165) is 5.56 Å². The highest BCUT2D eigenvalue weighted by Gasteiger charge is 2.71. The van der Waals surface area contributed by atoms with Crippen LogP contribution in [0.2, 0.25) is 5.15 Å².